The molecule has 0 aliphatic carbocycles. The van der Waals surface area contributed by atoms with Gasteiger partial charge in [-0.15, -0.1) is 0 Å². The minimum absolute atomic E-state index is 0.255. The molecule has 0 fully saturated rings. The lowest BCUT2D eigenvalue weighted by Crippen LogP contribution is -2.04. The molecule has 82 valence electrons. The summed E-state index contributed by atoms with van der Waals surface area (Å²) in [7, 11) is 0. The molecule has 0 amide bonds. The summed E-state index contributed by atoms with van der Waals surface area (Å²) in [5.41, 5.74) is 7.63. The van der Waals surface area contributed by atoms with Crippen LogP contribution in [-0.4, -0.2) is 5.78 Å². The molecule has 1 aromatic carbocycles. The monoisotopic (exact) mass is 205 g/mol. The van der Waals surface area contributed by atoms with Gasteiger partial charge in [0, 0.05) is 12.1 Å². The van der Waals surface area contributed by atoms with Crippen molar-refractivity contribution >= 4 is 11.5 Å². The van der Waals surface area contributed by atoms with E-state index in [1.165, 1.54) is 5.56 Å². The predicted octanol–water partition coefficient (Wildman–Crippen LogP) is 3.13. The van der Waals surface area contributed by atoms with Crippen LogP contribution < -0.4 is 5.73 Å². The van der Waals surface area contributed by atoms with E-state index < -0.39 is 0 Å². The van der Waals surface area contributed by atoms with Crippen LogP contribution >= 0.6 is 0 Å². The first-order chi connectivity index (χ1) is 7.13. The van der Waals surface area contributed by atoms with E-state index in [1.807, 2.05) is 24.3 Å². The van der Waals surface area contributed by atoms with Gasteiger partial charge < -0.3 is 10.5 Å². The molecule has 1 rings (SSSR count). The minimum Gasteiger partial charge on any atom is -0.399 e. The van der Waals surface area contributed by atoms with E-state index in [-0.39, 0.29) is 5.78 Å². The van der Waals surface area contributed by atoms with Crippen molar-refractivity contribution < 1.29 is 4.79 Å². The summed E-state index contributed by atoms with van der Waals surface area (Å²) in [6.45, 7) is 3.80. The summed E-state index contributed by atoms with van der Waals surface area (Å²) >= 11 is 0. The number of nitrogens with two attached hydrogens (primary N) is 1. The first-order valence-corrected chi connectivity index (χ1v) is 5.48. The second-order valence-corrected chi connectivity index (χ2v) is 4.06. The van der Waals surface area contributed by atoms with Gasteiger partial charge in [-0.1, -0.05) is 25.5 Å². The number of rotatable bonds is 5. The van der Waals surface area contributed by atoms with Crippen molar-refractivity contribution in [2.24, 2.45) is 0 Å². The summed E-state index contributed by atoms with van der Waals surface area (Å²) in [5, 5.41) is 0. The van der Waals surface area contributed by atoms with Crippen LogP contribution in [0.4, 0.5) is 5.69 Å². The molecule has 1 unspecified atom stereocenters. The maximum atomic E-state index is 11.1. The molecule has 2 nitrogen and oxygen atoms in total. The average Bonchev–Trinajstić information content (AvgIpc) is 2.17. The van der Waals surface area contributed by atoms with Crippen LogP contribution in [-0.2, 0) is 4.79 Å². The molecular formula is C13H19NO. The normalized spacial score (nSPS) is 12.4. The first-order valence-electron chi connectivity index (χ1n) is 5.48. The molecule has 1 aromatic rings. The molecular weight excluding hydrogens is 186 g/mol. The van der Waals surface area contributed by atoms with E-state index in [9.17, 15) is 4.79 Å². The smallest absolute Gasteiger partial charge is 0.130 e. The van der Waals surface area contributed by atoms with Crippen LogP contribution in [0.3, 0.4) is 0 Å². The van der Waals surface area contributed by atoms with Gasteiger partial charge in [0.15, 0.2) is 0 Å². The average molecular weight is 205 g/mol. The van der Waals surface area contributed by atoms with Crippen molar-refractivity contribution in [3.63, 3.8) is 0 Å². The van der Waals surface area contributed by atoms with Gasteiger partial charge in [-0.2, -0.15) is 0 Å². The molecule has 0 bridgehead atoms. The third-order valence-corrected chi connectivity index (χ3v) is 2.58. The van der Waals surface area contributed by atoms with Crippen LogP contribution in [0.15, 0.2) is 24.3 Å². The van der Waals surface area contributed by atoms with Crippen molar-refractivity contribution in [1.29, 1.82) is 0 Å². The number of Topliss-reactive ketones (excluding diaryl/α,β-unsaturated/α-hetero) is 1. The van der Waals surface area contributed by atoms with Gasteiger partial charge in [-0.3, -0.25) is 0 Å². The van der Waals surface area contributed by atoms with Crippen LogP contribution in [0.1, 0.15) is 44.6 Å². The Kier molecular flexibility index (Phi) is 4.35. The molecule has 0 aliphatic heterocycles. The van der Waals surface area contributed by atoms with Gasteiger partial charge in [0.2, 0.25) is 0 Å². The fourth-order valence-corrected chi connectivity index (χ4v) is 1.85. The Bertz CT molecular complexity index is 316. The first kappa shape index (κ1) is 11.8. The Morgan fingerprint density at radius 3 is 2.40 bits per heavy atom. The maximum Gasteiger partial charge on any atom is 0.130 e. The molecule has 0 heterocycles. The quantitative estimate of drug-likeness (QED) is 0.750. The number of carbonyl (C=O) groups excluding carboxylic acids is 1. The summed E-state index contributed by atoms with van der Waals surface area (Å²) in [6.07, 6.45) is 2.80. The van der Waals surface area contributed by atoms with Gasteiger partial charge in [0.25, 0.3) is 0 Å². The summed E-state index contributed by atoms with van der Waals surface area (Å²) < 4.78 is 0. The van der Waals surface area contributed by atoms with Crippen molar-refractivity contribution in [2.75, 3.05) is 5.73 Å². The Balaban J connectivity index is 2.78. The zero-order chi connectivity index (χ0) is 11.3. The van der Waals surface area contributed by atoms with E-state index in [0.717, 1.165) is 18.5 Å². The van der Waals surface area contributed by atoms with Crippen molar-refractivity contribution in [3.8, 4) is 0 Å². The zero-order valence-corrected chi connectivity index (χ0v) is 9.49. The molecule has 0 spiro atoms. The summed E-state index contributed by atoms with van der Waals surface area (Å²) in [5.74, 6) is 0.610. The molecule has 0 saturated heterocycles. The highest BCUT2D eigenvalue weighted by atomic mass is 16.1. The van der Waals surface area contributed by atoms with Gasteiger partial charge in [0.1, 0.15) is 5.78 Å². The van der Waals surface area contributed by atoms with Crippen molar-refractivity contribution in [1.82, 2.24) is 0 Å². The number of benzene rings is 1. The van der Waals surface area contributed by atoms with Crippen molar-refractivity contribution in [3.05, 3.63) is 29.8 Å². The second-order valence-electron chi connectivity index (χ2n) is 4.06. The van der Waals surface area contributed by atoms with Gasteiger partial charge >= 0.3 is 0 Å². The summed E-state index contributed by atoms with van der Waals surface area (Å²) in [4.78, 5) is 11.1. The van der Waals surface area contributed by atoms with E-state index in [0.29, 0.717) is 12.3 Å². The number of anilines is 1. The van der Waals surface area contributed by atoms with Crippen LogP contribution in [0.5, 0.6) is 0 Å². The molecule has 0 saturated carbocycles. The van der Waals surface area contributed by atoms with Gasteiger partial charge in [-0.05, 0) is 37.0 Å². The number of hydrogen-bond donors (Lipinski definition) is 1. The SMILES string of the molecule is CCCC(CC(C)=O)c1ccc(N)cc1. The third-order valence-electron chi connectivity index (χ3n) is 2.58. The fourth-order valence-electron chi connectivity index (χ4n) is 1.85. The molecule has 1 atom stereocenters. The highest BCUT2D eigenvalue weighted by Crippen LogP contribution is 2.25. The van der Waals surface area contributed by atoms with Crippen molar-refractivity contribution in [2.45, 2.75) is 39.0 Å². The summed E-state index contributed by atoms with van der Waals surface area (Å²) in [6, 6.07) is 7.85. The standard InChI is InChI=1S/C13H19NO/c1-3-4-12(9-10(2)15)11-5-7-13(14)8-6-11/h5-8,12H,3-4,9,14H2,1-2H3. The largest absolute Gasteiger partial charge is 0.399 e. The highest BCUT2D eigenvalue weighted by Gasteiger charge is 2.12. The van der Waals surface area contributed by atoms with Crippen LogP contribution in [0.2, 0.25) is 0 Å². The lowest BCUT2D eigenvalue weighted by atomic mass is 9.90. The zero-order valence-electron chi connectivity index (χ0n) is 9.49. The molecule has 0 radical (unpaired) electrons. The van der Waals surface area contributed by atoms with Gasteiger partial charge in [0.05, 0.1) is 0 Å². The molecule has 0 aromatic heterocycles. The Morgan fingerprint density at radius 1 is 1.33 bits per heavy atom. The van der Waals surface area contributed by atoms with E-state index in [4.69, 9.17) is 5.73 Å². The lowest BCUT2D eigenvalue weighted by Gasteiger charge is -2.15. The number of carbonyl (C=O) groups is 1. The Morgan fingerprint density at radius 2 is 1.93 bits per heavy atom. The molecule has 0 aliphatic rings. The molecule has 2 N–H and O–H groups in total. The Labute approximate surface area is 91.5 Å². The highest BCUT2D eigenvalue weighted by molar-refractivity contribution is 5.76. The molecule has 15 heavy (non-hydrogen) atoms. The number of ketones is 1. The van der Waals surface area contributed by atoms with E-state index in [2.05, 4.69) is 6.92 Å². The van der Waals surface area contributed by atoms with Crippen LogP contribution in [0, 0.1) is 0 Å². The maximum absolute atomic E-state index is 11.1. The molecule has 2 heteroatoms. The topological polar surface area (TPSA) is 43.1 Å². The van der Waals surface area contributed by atoms with E-state index in [1.54, 1.807) is 6.92 Å². The lowest BCUT2D eigenvalue weighted by molar-refractivity contribution is -0.117. The second kappa shape index (κ2) is 5.54. The van der Waals surface area contributed by atoms with Gasteiger partial charge in [-0.25, -0.2) is 0 Å². The number of nitrogen functional groups attached to an aromatic ring is 1. The third kappa shape index (κ3) is 3.74. The van der Waals surface area contributed by atoms with E-state index >= 15 is 0 Å². The van der Waals surface area contributed by atoms with Crippen LogP contribution in [0.25, 0.3) is 0 Å². The predicted molar refractivity (Wildman–Crippen MR) is 63.8 cm³/mol. The number of hydrogen-bond acceptors (Lipinski definition) is 2. The fraction of sp³-hybridized carbons (Fsp3) is 0.462. The minimum atomic E-state index is 0.255. The Hall–Kier alpha value is -1.31.